The fourth-order valence-corrected chi connectivity index (χ4v) is 2.04. The number of hydrogen-bond donors (Lipinski definition) is 1. The molecule has 0 heterocycles. The normalized spacial score (nSPS) is 23.6. The molecule has 2 unspecified atom stereocenters. The van der Waals surface area contributed by atoms with Crippen LogP contribution in [0.4, 0.5) is 0 Å². The summed E-state index contributed by atoms with van der Waals surface area (Å²) in [5, 5.41) is 3.72. The molecule has 0 spiro atoms. The minimum atomic E-state index is 0.654. The summed E-state index contributed by atoms with van der Waals surface area (Å²) in [5.74, 6) is 1.65. The van der Waals surface area contributed by atoms with Crippen LogP contribution in [0, 0.1) is 17.3 Å². The molecule has 1 nitrogen and oxygen atoms in total. The van der Waals surface area contributed by atoms with Crippen LogP contribution in [0.15, 0.2) is 0 Å². The van der Waals surface area contributed by atoms with Gasteiger partial charge in [-0.15, -0.1) is 0 Å². The van der Waals surface area contributed by atoms with Gasteiger partial charge < -0.3 is 5.32 Å². The standard InChI is InChI=1S/C13H27N/c1-6-11(4)12(5)14-9-13(7-8-13)10(2)3/h10-12,14H,6-9H2,1-5H3. The molecule has 1 heteroatoms. The average Bonchev–Trinajstić information content (AvgIpc) is 2.93. The first kappa shape index (κ1) is 12.0. The van der Waals surface area contributed by atoms with Crippen molar-refractivity contribution in [2.45, 2.75) is 59.9 Å². The van der Waals surface area contributed by atoms with Gasteiger partial charge >= 0.3 is 0 Å². The largest absolute Gasteiger partial charge is 0.313 e. The van der Waals surface area contributed by atoms with Gasteiger partial charge in [-0.3, -0.25) is 0 Å². The molecule has 2 atom stereocenters. The topological polar surface area (TPSA) is 12.0 Å². The summed E-state index contributed by atoms with van der Waals surface area (Å²) >= 11 is 0. The average molecular weight is 197 g/mol. The third-order valence-electron chi connectivity index (χ3n) is 4.39. The molecule has 0 aliphatic heterocycles. The van der Waals surface area contributed by atoms with Gasteiger partial charge in [-0.25, -0.2) is 0 Å². The first-order valence-electron chi connectivity index (χ1n) is 6.25. The van der Waals surface area contributed by atoms with Crippen LogP contribution >= 0.6 is 0 Å². The van der Waals surface area contributed by atoms with Gasteiger partial charge in [0.25, 0.3) is 0 Å². The lowest BCUT2D eigenvalue weighted by molar-refractivity contribution is 0.295. The summed E-state index contributed by atoms with van der Waals surface area (Å²) in [6.07, 6.45) is 4.15. The monoisotopic (exact) mass is 197 g/mol. The first-order chi connectivity index (χ1) is 6.52. The van der Waals surface area contributed by atoms with E-state index in [4.69, 9.17) is 0 Å². The lowest BCUT2D eigenvalue weighted by Gasteiger charge is -2.26. The molecule has 1 N–H and O–H groups in total. The van der Waals surface area contributed by atoms with E-state index in [1.165, 1.54) is 25.8 Å². The fourth-order valence-electron chi connectivity index (χ4n) is 2.04. The predicted molar refractivity (Wildman–Crippen MR) is 63.4 cm³/mol. The quantitative estimate of drug-likeness (QED) is 0.688. The van der Waals surface area contributed by atoms with Crippen molar-refractivity contribution in [3.63, 3.8) is 0 Å². The Hall–Kier alpha value is -0.0400. The van der Waals surface area contributed by atoms with Gasteiger partial charge in [-0.2, -0.15) is 0 Å². The number of nitrogens with one attached hydrogen (secondary N) is 1. The van der Waals surface area contributed by atoms with Crippen molar-refractivity contribution in [2.24, 2.45) is 17.3 Å². The molecule has 0 aromatic rings. The van der Waals surface area contributed by atoms with E-state index in [0.29, 0.717) is 11.5 Å². The molecule has 0 aromatic heterocycles. The van der Waals surface area contributed by atoms with Crippen LogP contribution in [0.2, 0.25) is 0 Å². The van der Waals surface area contributed by atoms with Crippen molar-refractivity contribution in [3.05, 3.63) is 0 Å². The van der Waals surface area contributed by atoms with E-state index in [2.05, 4.69) is 39.9 Å². The second-order valence-electron chi connectivity index (χ2n) is 5.57. The third-order valence-corrected chi connectivity index (χ3v) is 4.39. The Kier molecular flexibility index (Phi) is 4.00. The predicted octanol–water partition coefficient (Wildman–Crippen LogP) is 3.45. The molecule has 1 saturated carbocycles. The van der Waals surface area contributed by atoms with Crippen LogP contribution < -0.4 is 5.32 Å². The molecule has 0 amide bonds. The minimum Gasteiger partial charge on any atom is -0.313 e. The molecule has 0 aromatic carbocycles. The highest BCUT2D eigenvalue weighted by Crippen LogP contribution is 2.51. The van der Waals surface area contributed by atoms with Gasteiger partial charge in [0.15, 0.2) is 0 Å². The number of hydrogen-bond acceptors (Lipinski definition) is 1. The Labute approximate surface area is 89.7 Å². The summed E-state index contributed by atoms with van der Waals surface area (Å²) in [5.41, 5.74) is 0.654. The lowest BCUT2D eigenvalue weighted by atomic mass is 9.91. The van der Waals surface area contributed by atoms with Crippen LogP contribution in [0.5, 0.6) is 0 Å². The van der Waals surface area contributed by atoms with Crippen LogP contribution in [0.3, 0.4) is 0 Å². The molecular weight excluding hydrogens is 170 g/mol. The molecular formula is C13H27N. The number of rotatable bonds is 6. The molecule has 1 aliphatic carbocycles. The molecule has 1 aliphatic rings. The van der Waals surface area contributed by atoms with E-state index in [1.54, 1.807) is 0 Å². The van der Waals surface area contributed by atoms with E-state index in [-0.39, 0.29) is 0 Å². The SMILES string of the molecule is CCC(C)C(C)NCC1(C(C)C)CC1. The van der Waals surface area contributed by atoms with Crippen molar-refractivity contribution < 1.29 is 0 Å². The van der Waals surface area contributed by atoms with Crippen LogP contribution in [-0.4, -0.2) is 12.6 Å². The molecule has 1 fully saturated rings. The van der Waals surface area contributed by atoms with Crippen molar-refractivity contribution >= 4 is 0 Å². The van der Waals surface area contributed by atoms with Gasteiger partial charge in [-0.05, 0) is 37.0 Å². The van der Waals surface area contributed by atoms with Crippen LogP contribution in [-0.2, 0) is 0 Å². The Morgan fingerprint density at radius 2 is 1.71 bits per heavy atom. The summed E-state index contributed by atoms with van der Waals surface area (Å²) in [7, 11) is 0. The van der Waals surface area contributed by atoms with E-state index in [0.717, 1.165) is 11.8 Å². The zero-order valence-electron chi connectivity index (χ0n) is 10.6. The van der Waals surface area contributed by atoms with Gasteiger partial charge in [-0.1, -0.05) is 34.1 Å². The molecule has 84 valence electrons. The van der Waals surface area contributed by atoms with Gasteiger partial charge in [0, 0.05) is 12.6 Å². The second-order valence-corrected chi connectivity index (χ2v) is 5.57. The summed E-state index contributed by atoms with van der Waals surface area (Å²) < 4.78 is 0. The highest BCUT2D eigenvalue weighted by Gasteiger charge is 2.44. The summed E-state index contributed by atoms with van der Waals surface area (Å²) in [4.78, 5) is 0. The Morgan fingerprint density at radius 1 is 1.14 bits per heavy atom. The maximum Gasteiger partial charge on any atom is 0.00644 e. The van der Waals surface area contributed by atoms with Crippen molar-refractivity contribution in [3.8, 4) is 0 Å². The zero-order chi connectivity index (χ0) is 10.8. The minimum absolute atomic E-state index is 0.654. The van der Waals surface area contributed by atoms with Crippen molar-refractivity contribution in [2.75, 3.05) is 6.54 Å². The van der Waals surface area contributed by atoms with Crippen LogP contribution in [0.1, 0.15) is 53.9 Å². The van der Waals surface area contributed by atoms with Crippen molar-refractivity contribution in [1.82, 2.24) is 5.32 Å². The molecule has 0 bridgehead atoms. The van der Waals surface area contributed by atoms with Crippen LogP contribution in [0.25, 0.3) is 0 Å². The Morgan fingerprint density at radius 3 is 2.07 bits per heavy atom. The maximum absolute atomic E-state index is 3.72. The summed E-state index contributed by atoms with van der Waals surface area (Å²) in [6, 6.07) is 0.677. The fraction of sp³-hybridized carbons (Fsp3) is 1.00. The summed E-state index contributed by atoms with van der Waals surface area (Å²) in [6.45, 7) is 12.9. The zero-order valence-corrected chi connectivity index (χ0v) is 10.6. The molecule has 14 heavy (non-hydrogen) atoms. The van der Waals surface area contributed by atoms with E-state index in [9.17, 15) is 0 Å². The van der Waals surface area contributed by atoms with E-state index < -0.39 is 0 Å². The highest BCUT2D eigenvalue weighted by molar-refractivity contribution is 4.97. The molecule has 0 radical (unpaired) electrons. The van der Waals surface area contributed by atoms with Gasteiger partial charge in [0.2, 0.25) is 0 Å². The van der Waals surface area contributed by atoms with Gasteiger partial charge in [0.05, 0.1) is 0 Å². The Bertz CT molecular complexity index is 170. The first-order valence-corrected chi connectivity index (χ1v) is 6.25. The maximum atomic E-state index is 3.72. The van der Waals surface area contributed by atoms with E-state index >= 15 is 0 Å². The van der Waals surface area contributed by atoms with Crippen molar-refractivity contribution in [1.29, 1.82) is 0 Å². The lowest BCUT2D eigenvalue weighted by Crippen LogP contribution is -2.37. The molecule has 1 rings (SSSR count). The Balaban J connectivity index is 2.26. The highest BCUT2D eigenvalue weighted by atomic mass is 14.9. The molecule has 0 saturated heterocycles. The smallest absolute Gasteiger partial charge is 0.00644 e. The van der Waals surface area contributed by atoms with Gasteiger partial charge in [0.1, 0.15) is 0 Å². The third kappa shape index (κ3) is 2.73. The second kappa shape index (κ2) is 4.65. The van der Waals surface area contributed by atoms with E-state index in [1.807, 2.05) is 0 Å².